The summed E-state index contributed by atoms with van der Waals surface area (Å²) >= 11 is 0. The van der Waals surface area contributed by atoms with Crippen molar-refractivity contribution in [3.63, 3.8) is 0 Å². The molecule has 1 aromatic heterocycles. The van der Waals surface area contributed by atoms with Crippen LogP contribution in [0.1, 0.15) is 29.9 Å². The fraction of sp³-hybridized carbons (Fsp3) is 0.292. The number of hydrogen-bond acceptors (Lipinski definition) is 7. The van der Waals surface area contributed by atoms with Gasteiger partial charge in [-0.1, -0.05) is 13.8 Å². The Bertz CT molecular complexity index is 1400. The Hall–Kier alpha value is -3.81. The van der Waals surface area contributed by atoms with Gasteiger partial charge in [0, 0.05) is 30.8 Å². The van der Waals surface area contributed by atoms with Gasteiger partial charge < -0.3 is 19.9 Å². The fourth-order valence-corrected chi connectivity index (χ4v) is 4.35. The number of benzene rings is 2. The van der Waals surface area contributed by atoms with Crippen LogP contribution in [0.2, 0.25) is 0 Å². The molecular weight excluding hydrogens is 507 g/mol. The van der Waals surface area contributed by atoms with Crippen LogP contribution >= 0.6 is 0 Å². The summed E-state index contributed by atoms with van der Waals surface area (Å²) in [5.41, 5.74) is 0.288. The Kier molecular flexibility index (Phi) is 8.63. The van der Waals surface area contributed by atoms with Crippen LogP contribution < -0.4 is 14.8 Å². The summed E-state index contributed by atoms with van der Waals surface area (Å²) in [7, 11) is -2.75. The minimum absolute atomic E-state index is 0.0312. The summed E-state index contributed by atoms with van der Waals surface area (Å²) in [6, 6.07) is 9.09. The van der Waals surface area contributed by atoms with E-state index in [4.69, 9.17) is 9.47 Å². The number of methoxy groups -OCH3 is 1. The number of aromatic nitrogens is 2. The van der Waals surface area contributed by atoms with Crippen LogP contribution in [0.25, 0.3) is 5.69 Å². The number of amides is 1. The van der Waals surface area contributed by atoms with Crippen molar-refractivity contribution in [2.45, 2.75) is 25.7 Å². The average Bonchev–Trinajstić information content (AvgIpc) is 3.16. The molecule has 0 bridgehead atoms. The van der Waals surface area contributed by atoms with Crippen molar-refractivity contribution in [1.29, 1.82) is 0 Å². The second-order valence-electron chi connectivity index (χ2n) is 8.27. The number of ether oxygens (including phenoxy) is 2. The van der Waals surface area contributed by atoms with Gasteiger partial charge >= 0.3 is 5.97 Å². The number of rotatable bonds is 11. The smallest absolute Gasteiger partial charge is 0.356 e. The molecule has 0 radical (unpaired) electrons. The van der Waals surface area contributed by atoms with Gasteiger partial charge in [0.1, 0.15) is 16.5 Å². The van der Waals surface area contributed by atoms with E-state index in [1.807, 2.05) is 0 Å². The SMILES string of the molecule is COCCNS(=O)(=O)c1cc(NC(=O)C(C)C)ccc1Oc1c(C)c(C(=O)O)nn1-c1ccc(F)cc1. The second kappa shape index (κ2) is 11.5. The highest BCUT2D eigenvalue weighted by atomic mass is 32.2. The maximum atomic E-state index is 13.5. The largest absolute Gasteiger partial charge is 0.476 e. The third kappa shape index (κ3) is 6.50. The molecule has 0 atom stereocenters. The lowest BCUT2D eigenvalue weighted by atomic mass is 10.2. The first-order valence-electron chi connectivity index (χ1n) is 11.1. The van der Waals surface area contributed by atoms with Gasteiger partial charge in [-0.25, -0.2) is 22.3 Å². The van der Waals surface area contributed by atoms with E-state index in [0.717, 1.165) is 4.68 Å². The van der Waals surface area contributed by atoms with Crippen molar-refractivity contribution in [2.75, 3.05) is 25.6 Å². The summed E-state index contributed by atoms with van der Waals surface area (Å²) in [4.78, 5) is 23.6. The lowest BCUT2D eigenvalue weighted by Gasteiger charge is -2.16. The Balaban J connectivity index is 2.14. The molecule has 0 aliphatic rings. The van der Waals surface area contributed by atoms with E-state index < -0.39 is 21.8 Å². The molecular formula is C24H27FN4O7S. The zero-order chi connectivity index (χ0) is 27.3. The highest BCUT2D eigenvalue weighted by Crippen LogP contribution is 2.35. The van der Waals surface area contributed by atoms with E-state index >= 15 is 0 Å². The number of halogens is 1. The molecule has 1 amide bonds. The van der Waals surface area contributed by atoms with Gasteiger partial charge in [-0.05, 0) is 49.4 Å². The van der Waals surface area contributed by atoms with Crippen LogP contribution in [0, 0.1) is 18.7 Å². The zero-order valence-corrected chi connectivity index (χ0v) is 21.4. The summed E-state index contributed by atoms with van der Waals surface area (Å²) in [6.45, 7) is 4.91. The first kappa shape index (κ1) is 27.8. The van der Waals surface area contributed by atoms with Gasteiger partial charge in [0.15, 0.2) is 5.69 Å². The summed E-state index contributed by atoms with van der Waals surface area (Å²) in [5, 5.41) is 16.3. The summed E-state index contributed by atoms with van der Waals surface area (Å²) in [6.07, 6.45) is 0. The number of nitrogens with zero attached hydrogens (tertiary/aromatic N) is 2. The number of sulfonamides is 1. The topological polar surface area (TPSA) is 149 Å². The lowest BCUT2D eigenvalue weighted by Crippen LogP contribution is -2.27. The molecule has 0 aliphatic heterocycles. The monoisotopic (exact) mass is 534 g/mol. The Morgan fingerprint density at radius 2 is 1.84 bits per heavy atom. The van der Waals surface area contributed by atoms with E-state index in [0.29, 0.717) is 0 Å². The molecule has 3 rings (SSSR count). The normalized spacial score (nSPS) is 11.5. The molecule has 0 unspecified atom stereocenters. The van der Waals surface area contributed by atoms with E-state index in [1.165, 1.54) is 56.5 Å². The number of carboxylic acids is 1. The highest BCUT2D eigenvalue weighted by Gasteiger charge is 2.26. The minimum Gasteiger partial charge on any atom is -0.476 e. The van der Waals surface area contributed by atoms with Gasteiger partial charge in [-0.15, -0.1) is 0 Å². The third-order valence-corrected chi connectivity index (χ3v) is 6.65. The number of carbonyl (C=O) groups is 2. The zero-order valence-electron chi connectivity index (χ0n) is 20.6. The molecule has 3 aromatic rings. The standard InChI is InChI=1S/C24H27FN4O7S/c1-14(2)22(30)27-17-7-10-19(20(13-17)37(33,34)26-11-12-35-4)36-23-15(3)21(24(31)32)28-29(23)18-8-5-16(25)6-9-18/h5-10,13-14,26H,11-12H2,1-4H3,(H,27,30)(H,31,32). The van der Waals surface area contributed by atoms with E-state index in [-0.39, 0.29) is 64.1 Å². The van der Waals surface area contributed by atoms with Crippen molar-refractivity contribution >= 4 is 27.6 Å². The molecule has 2 aromatic carbocycles. The van der Waals surface area contributed by atoms with Crippen molar-refractivity contribution < 1.29 is 37.0 Å². The van der Waals surface area contributed by atoms with Crippen molar-refractivity contribution in [3.05, 3.63) is 59.5 Å². The number of anilines is 1. The summed E-state index contributed by atoms with van der Waals surface area (Å²) < 4.78 is 54.2. The molecule has 3 N–H and O–H groups in total. The summed E-state index contributed by atoms with van der Waals surface area (Å²) in [5.74, 6) is -2.75. The van der Waals surface area contributed by atoms with Gasteiger partial charge in [0.25, 0.3) is 0 Å². The minimum atomic E-state index is -4.17. The average molecular weight is 535 g/mol. The number of carboxylic acid groups (broad SMARTS) is 1. The molecule has 1 heterocycles. The number of hydrogen-bond donors (Lipinski definition) is 3. The maximum Gasteiger partial charge on any atom is 0.356 e. The first-order chi connectivity index (χ1) is 17.4. The predicted molar refractivity (Wildman–Crippen MR) is 132 cm³/mol. The Labute approximate surface area is 213 Å². The predicted octanol–water partition coefficient (Wildman–Crippen LogP) is 3.33. The lowest BCUT2D eigenvalue weighted by molar-refractivity contribution is -0.118. The molecule has 198 valence electrons. The van der Waals surface area contributed by atoms with Crippen LogP contribution in [0.15, 0.2) is 47.4 Å². The Morgan fingerprint density at radius 1 is 1.16 bits per heavy atom. The molecule has 0 fully saturated rings. The molecule has 0 saturated heterocycles. The second-order valence-corrected chi connectivity index (χ2v) is 10.0. The molecule has 13 heteroatoms. The third-order valence-electron chi connectivity index (χ3n) is 5.17. The van der Waals surface area contributed by atoms with Crippen LogP contribution in [-0.4, -0.2) is 55.4 Å². The highest BCUT2D eigenvalue weighted by molar-refractivity contribution is 7.89. The van der Waals surface area contributed by atoms with E-state index in [2.05, 4.69) is 15.1 Å². The number of aromatic carboxylic acids is 1. The maximum absolute atomic E-state index is 13.5. The molecule has 11 nitrogen and oxygen atoms in total. The molecule has 0 saturated carbocycles. The van der Waals surface area contributed by atoms with Crippen LogP contribution in [-0.2, 0) is 19.6 Å². The van der Waals surface area contributed by atoms with Gasteiger partial charge in [-0.2, -0.15) is 9.78 Å². The van der Waals surface area contributed by atoms with E-state index in [9.17, 15) is 27.5 Å². The number of nitrogens with one attached hydrogen (secondary N) is 2. The quantitative estimate of drug-likeness (QED) is 0.317. The molecule has 0 spiro atoms. The van der Waals surface area contributed by atoms with E-state index in [1.54, 1.807) is 13.8 Å². The van der Waals surface area contributed by atoms with Crippen LogP contribution in [0.3, 0.4) is 0 Å². The number of carbonyl (C=O) groups excluding carboxylic acids is 1. The van der Waals surface area contributed by atoms with Gasteiger partial charge in [-0.3, -0.25) is 4.79 Å². The Morgan fingerprint density at radius 3 is 2.43 bits per heavy atom. The van der Waals surface area contributed by atoms with Crippen LogP contribution in [0.4, 0.5) is 10.1 Å². The van der Waals surface area contributed by atoms with Crippen molar-refractivity contribution in [2.24, 2.45) is 5.92 Å². The van der Waals surface area contributed by atoms with Crippen LogP contribution in [0.5, 0.6) is 11.6 Å². The molecule has 0 aliphatic carbocycles. The first-order valence-corrected chi connectivity index (χ1v) is 12.6. The molecule has 37 heavy (non-hydrogen) atoms. The van der Waals surface area contributed by atoms with Crippen molar-refractivity contribution in [3.8, 4) is 17.3 Å². The van der Waals surface area contributed by atoms with Gasteiger partial charge in [0.2, 0.25) is 21.8 Å². The van der Waals surface area contributed by atoms with Gasteiger partial charge in [0.05, 0.1) is 12.3 Å². The fourth-order valence-electron chi connectivity index (χ4n) is 3.19. The van der Waals surface area contributed by atoms with Crippen molar-refractivity contribution in [1.82, 2.24) is 14.5 Å².